The van der Waals surface area contributed by atoms with Crippen molar-refractivity contribution in [2.24, 2.45) is 5.73 Å². The second-order valence-corrected chi connectivity index (χ2v) is 2.45. The Balaban J connectivity index is 0.000000461. The first-order chi connectivity index (χ1) is 5.34. The largest absolute Gasteiger partial charge is 0.378 e. The number of hydrogen-bond acceptors (Lipinski definition) is 3. The van der Waals surface area contributed by atoms with E-state index in [-0.39, 0.29) is 0 Å². The van der Waals surface area contributed by atoms with Crippen molar-refractivity contribution in [3.63, 3.8) is 0 Å². The zero-order chi connectivity index (χ0) is 8.69. The maximum atomic E-state index is 5.47. The number of ether oxygens (including phenoxy) is 1. The summed E-state index contributed by atoms with van der Waals surface area (Å²) in [7, 11) is 2.08. The maximum Gasteiger partial charge on any atom is 0.0634 e. The smallest absolute Gasteiger partial charge is 0.0634 e. The molecular formula is C8H20N2O. The van der Waals surface area contributed by atoms with Crippen LogP contribution in [0.15, 0.2) is 0 Å². The number of nitrogens with two attached hydrogens (primary N) is 1. The summed E-state index contributed by atoms with van der Waals surface area (Å²) in [4.78, 5) is 2.24. The van der Waals surface area contributed by atoms with E-state index in [0.717, 1.165) is 19.8 Å². The maximum absolute atomic E-state index is 5.47. The predicted octanol–water partition coefficient (Wildman–Crippen LogP) is 0.302. The average molecular weight is 160 g/mol. The molecule has 0 bridgehead atoms. The van der Waals surface area contributed by atoms with Crippen molar-refractivity contribution in [1.82, 2.24) is 4.90 Å². The van der Waals surface area contributed by atoms with Crippen LogP contribution < -0.4 is 5.73 Å². The molecule has 0 aromatic heterocycles. The highest BCUT2D eigenvalue weighted by Crippen LogP contribution is 2.00. The Labute approximate surface area is 69.5 Å². The Kier molecular flexibility index (Phi) is 6.51. The fourth-order valence-corrected chi connectivity index (χ4v) is 0.986. The van der Waals surface area contributed by atoms with Gasteiger partial charge in [0.1, 0.15) is 0 Å². The third-order valence-corrected chi connectivity index (χ3v) is 1.79. The monoisotopic (exact) mass is 160 g/mol. The van der Waals surface area contributed by atoms with Gasteiger partial charge in [0.15, 0.2) is 0 Å². The number of hydrogen-bond donors (Lipinski definition) is 1. The summed E-state index contributed by atoms with van der Waals surface area (Å²) < 4.78 is 5.22. The molecule has 1 rings (SSSR count). The van der Waals surface area contributed by atoms with Gasteiger partial charge in [-0.05, 0) is 7.05 Å². The highest BCUT2D eigenvalue weighted by atomic mass is 16.5. The van der Waals surface area contributed by atoms with E-state index in [9.17, 15) is 0 Å². The van der Waals surface area contributed by atoms with Crippen molar-refractivity contribution in [1.29, 1.82) is 0 Å². The van der Waals surface area contributed by atoms with Crippen LogP contribution in [0.2, 0.25) is 0 Å². The standard InChI is InChI=1S/C6H14N2O.C2H6/c1-8-2-3-9-5-6(8)4-7;1-2/h6H,2-5,7H2,1H3;1-2H3. The number of morpholine rings is 1. The molecule has 0 radical (unpaired) electrons. The minimum absolute atomic E-state index is 0.443. The zero-order valence-electron chi connectivity index (χ0n) is 7.84. The van der Waals surface area contributed by atoms with Gasteiger partial charge in [-0.2, -0.15) is 0 Å². The lowest BCUT2D eigenvalue weighted by Gasteiger charge is -2.31. The van der Waals surface area contributed by atoms with Gasteiger partial charge < -0.3 is 10.5 Å². The molecule has 1 heterocycles. The fourth-order valence-electron chi connectivity index (χ4n) is 0.986. The van der Waals surface area contributed by atoms with Gasteiger partial charge in [0.25, 0.3) is 0 Å². The summed E-state index contributed by atoms with van der Waals surface area (Å²) in [5, 5.41) is 0. The van der Waals surface area contributed by atoms with E-state index in [1.54, 1.807) is 0 Å². The molecule has 1 atom stereocenters. The number of likely N-dealkylation sites (N-methyl/N-ethyl adjacent to an activating group) is 1. The van der Waals surface area contributed by atoms with Gasteiger partial charge in [0.2, 0.25) is 0 Å². The summed E-state index contributed by atoms with van der Waals surface area (Å²) in [6.45, 7) is 7.37. The lowest BCUT2D eigenvalue weighted by atomic mass is 10.2. The quantitative estimate of drug-likeness (QED) is 0.599. The topological polar surface area (TPSA) is 38.5 Å². The van der Waals surface area contributed by atoms with E-state index in [1.165, 1.54) is 0 Å². The molecule has 1 unspecified atom stereocenters. The van der Waals surface area contributed by atoms with E-state index in [4.69, 9.17) is 10.5 Å². The van der Waals surface area contributed by atoms with Crippen LogP contribution in [0, 0.1) is 0 Å². The van der Waals surface area contributed by atoms with Crippen molar-refractivity contribution in [2.45, 2.75) is 19.9 Å². The third kappa shape index (κ3) is 3.70. The average Bonchev–Trinajstić information content (AvgIpc) is 2.09. The van der Waals surface area contributed by atoms with E-state index in [0.29, 0.717) is 12.6 Å². The van der Waals surface area contributed by atoms with Gasteiger partial charge in [0.05, 0.1) is 13.2 Å². The van der Waals surface area contributed by atoms with E-state index >= 15 is 0 Å². The fraction of sp³-hybridized carbons (Fsp3) is 1.00. The van der Waals surface area contributed by atoms with Crippen molar-refractivity contribution < 1.29 is 4.74 Å². The molecule has 11 heavy (non-hydrogen) atoms. The first-order valence-corrected chi connectivity index (χ1v) is 4.32. The Hall–Kier alpha value is -0.120. The van der Waals surface area contributed by atoms with Gasteiger partial charge in [0, 0.05) is 19.1 Å². The molecule has 68 valence electrons. The summed E-state index contributed by atoms with van der Waals surface area (Å²) in [5.41, 5.74) is 5.47. The van der Waals surface area contributed by atoms with Gasteiger partial charge in [-0.15, -0.1) is 0 Å². The van der Waals surface area contributed by atoms with Crippen LogP contribution in [0.4, 0.5) is 0 Å². The van der Waals surface area contributed by atoms with Crippen LogP contribution in [0.3, 0.4) is 0 Å². The van der Waals surface area contributed by atoms with Gasteiger partial charge >= 0.3 is 0 Å². The first-order valence-electron chi connectivity index (χ1n) is 4.32. The molecule has 0 aliphatic carbocycles. The molecule has 1 fully saturated rings. The minimum Gasteiger partial charge on any atom is -0.378 e. The van der Waals surface area contributed by atoms with E-state index < -0.39 is 0 Å². The van der Waals surface area contributed by atoms with Crippen molar-refractivity contribution >= 4 is 0 Å². The molecular weight excluding hydrogens is 140 g/mol. The van der Waals surface area contributed by atoms with E-state index in [1.807, 2.05) is 13.8 Å². The Morgan fingerprint density at radius 1 is 1.55 bits per heavy atom. The van der Waals surface area contributed by atoms with Crippen LogP contribution in [0.1, 0.15) is 13.8 Å². The molecule has 0 aromatic rings. The summed E-state index contributed by atoms with van der Waals surface area (Å²) >= 11 is 0. The summed E-state index contributed by atoms with van der Waals surface area (Å²) in [6, 6.07) is 0.443. The van der Waals surface area contributed by atoms with Crippen LogP contribution in [-0.2, 0) is 4.74 Å². The van der Waals surface area contributed by atoms with E-state index in [2.05, 4.69) is 11.9 Å². The molecule has 1 aliphatic rings. The molecule has 0 amide bonds. The zero-order valence-corrected chi connectivity index (χ0v) is 7.84. The highest BCUT2D eigenvalue weighted by Gasteiger charge is 2.16. The van der Waals surface area contributed by atoms with Gasteiger partial charge in [-0.1, -0.05) is 13.8 Å². The molecule has 0 aromatic carbocycles. The Bertz CT molecular complexity index is 88.2. The van der Waals surface area contributed by atoms with Crippen LogP contribution in [0.25, 0.3) is 0 Å². The lowest BCUT2D eigenvalue weighted by molar-refractivity contribution is 0.00948. The molecule has 3 heteroatoms. The normalized spacial score (nSPS) is 25.6. The minimum atomic E-state index is 0.443. The van der Waals surface area contributed by atoms with Crippen LogP contribution >= 0.6 is 0 Å². The molecule has 3 nitrogen and oxygen atoms in total. The summed E-state index contributed by atoms with van der Waals surface area (Å²) in [6.07, 6.45) is 0. The molecule has 0 spiro atoms. The second kappa shape index (κ2) is 6.58. The number of nitrogens with zero attached hydrogens (tertiary/aromatic N) is 1. The second-order valence-electron chi connectivity index (χ2n) is 2.45. The van der Waals surface area contributed by atoms with Gasteiger partial charge in [-0.25, -0.2) is 0 Å². The van der Waals surface area contributed by atoms with Crippen LogP contribution in [0.5, 0.6) is 0 Å². The van der Waals surface area contributed by atoms with Crippen molar-refractivity contribution in [2.75, 3.05) is 33.4 Å². The Morgan fingerprint density at radius 3 is 2.55 bits per heavy atom. The third-order valence-electron chi connectivity index (χ3n) is 1.79. The first kappa shape index (κ1) is 10.9. The lowest BCUT2D eigenvalue weighted by Crippen LogP contribution is -2.46. The predicted molar refractivity (Wildman–Crippen MR) is 47.6 cm³/mol. The molecule has 2 N–H and O–H groups in total. The number of rotatable bonds is 1. The van der Waals surface area contributed by atoms with Crippen LogP contribution in [-0.4, -0.2) is 44.3 Å². The highest BCUT2D eigenvalue weighted by molar-refractivity contribution is 4.71. The van der Waals surface area contributed by atoms with Crippen molar-refractivity contribution in [3.05, 3.63) is 0 Å². The molecule has 1 aliphatic heterocycles. The van der Waals surface area contributed by atoms with Crippen molar-refractivity contribution in [3.8, 4) is 0 Å². The molecule has 1 saturated heterocycles. The van der Waals surface area contributed by atoms with Gasteiger partial charge in [-0.3, -0.25) is 4.90 Å². The Morgan fingerprint density at radius 2 is 2.18 bits per heavy atom. The SMILES string of the molecule is CC.CN1CCOCC1CN. The summed E-state index contributed by atoms with van der Waals surface area (Å²) in [5.74, 6) is 0. The molecule has 0 saturated carbocycles.